The summed E-state index contributed by atoms with van der Waals surface area (Å²) >= 11 is 6.05. The smallest absolute Gasteiger partial charge is 0.341 e. The molecule has 31 heavy (non-hydrogen) atoms. The molecule has 1 aliphatic rings. The van der Waals surface area contributed by atoms with E-state index < -0.39 is 22.9 Å². The van der Waals surface area contributed by atoms with Crippen LogP contribution in [0.3, 0.4) is 0 Å². The zero-order valence-corrected chi connectivity index (χ0v) is 17.2. The van der Waals surface area contributed by atoms with E-state index in [0.717, 1.165) is 11.1 Å². The van der Waals surface area contributed by atoms with Crippen molar-refractivity contribution in [2.24, 2.45) is 0 Å². The molecule has 2 aromatic carbocycles. The molecule has 0 fully saturated rings. The van der Waals surface area contributed by atoms with Gasteiger partial charge in [0.15, 0.2) is 11.4 Å². The van der Waals surface area contributed by atoms with E-state index in [0.29, 0.717) is 24.7 Å². The Labute approximate surface area is 183 Å². The number of halogens is 1. The minimum atomic E-state index is -1.36. The van der Waals surface area contributed by atoms with Crippen LogP contribution in [0.5, 0.6) is 5.75 Å². The van der Waals surface area contributed by atoms with Crippen molar-refractivity contribution in [3.05, 3.63) is 98.4 Å². The second-order valence-electron chi connectivity index (χ2n) is 7.18. The summed E-state index contributed by atoms with van der Waals surface area (Å²) in [5.41, 5.74) is 0.459. The molecule has 8 heteroatoms. The molecule has 0 unspecified atom stereocenters. The first-order valence-corrected chi connectivity index (χ1v) is 10.0. The average Bonchev–Trinajstić information content (AvgIpc) is 2.75. The number of carboxylic acid groups (broad SMARTS) is 1. The number of fused-ring (bicyclic) bond motifs is 1. The fourth-order valence-electron chi connectivity index (χ4n) is 3.54. The first-order valence-electron chi connectivity index (χ1n) is 9.65. The Morgan fingerprint density at radius 1 is 1.03 bits per heavy atom. The third kappa shape index (κ3) is 4.32. The molecule has 0 radical (unpaired) electrons. The maximum absolute atomic E-state index is 13.3. The Morgan fingerprint density at radius 3 is 2.48 bits per heavy atom. The summed E-state index contributed by atoms with van der Waals surface area (Å²) in [4.78, 5) is 39.3. The lowest BCUT2D eigenvalue weighted by molar-refractivity contribution is 0.0660. The van der Waals surface area contributed by atoms with Crippen molar-refractivity contribution in [1.82, 2.24) is 9.47 Å². The maximum Gasteiger partial charge on any atom is 0.341 e. The molecule has 0 atom stereocenters. The van der Waals surface area contributed by atoms with Crippen LogP contribution in [-0.2, 0) is 19.7 Å². The van der Waals surface area contributed by atoms with Crippen LogP contribution in [0, 0.1) is 0 Å². The van der Waals surface area contributed by atoms with E-state index in [1.165, 1.54) is 10.8 Å². The molecule has 1 aromatic heterocycles. The number of carboxylic acids is 1. The molecular formula is C23H19ClN2O5. The van der Waals surface area contributed by atoms with Crippen LogP contribution in [0.2, 0.25) is 5.02 Å². The number of aromatic nitrogens is 1. The second-order valence-corrected chi connectivity index (χ2v) is 7.62. The highest BCUT2D eigenvalue weighted by Gasteiger charge is 2.32. The van der Waals surface area contributed by atoms with Gasteiger partial charge in [0.25, 0.3) is 5.91 Å². The van der Waals surface area contributed by atoms with E-state index in [1.54, 1.807) is 23.1 Å². The van der Waals surface area contributed by atoms with Crippen molar-refractivity contribution in [2.45, 2.75) is 19.7 Å². The van der Waals surface area contributed by atoms with Crippen molar-refractivity contribution in [3.8, 4) is 5.75 Å². The number of carbonyl (C=O) groups excluding carboxylic acids is 1. The lowest BCUT2D eigenvalue weighted by Crippen LogP contribution is -2.42. The molecule has 3 aromatic rings. The van der Waals surface area contributed by atoms with Gasteiger partial charge in [-0.3, -0.25) is 9.59 Å². The van der Waals surface area contributed by atoms with E-state index in [2.05, 4.69) is 0 Å². The number of rotatable bonds is 6. The molecular weight excluding hydrogens is 420 g/mol. The third-order valence-electron chi connectivity index (χ3n) is 5.06. The minimum Gasteiger partial charge on any atom is -0.483 e. The summed E-state index contributed by atoms with van der Waals surface area (Å²) in [6, 6.07) is 16.3. The SMILES string of the molecule is O=C(O)c1cn2c(c(OCc3ccccc3)c1=O)C(=O)N(Cc1cccc(Cl)c1)CC2. The van der Waals surface area contributed by atoms with Gasteiger partial charge in [0.2, 0.25) is 5.43 Å². The Balaban J connectivity index is 1.71. The van der Waals surface area contributed by atoms with Crippen molar-refractivity contribution in [3.63, 3.8) is 0 Å². The molecule has 2 heterocycles. The number of carbonyl (C=O) groups is 2. The fourth-order valence-corrected chi connectivity index (χ4v) is 3.75. The normalized spacial score (nSPS) is 13.1. The van der Waals surface area contributed by atoms with Crippen LogP contribution in [0.1, 0.15) is 32.0 Å². The molecule has 0 bridgehead atoms. The Morgan fingerprint density at radius 2 is 1.77 bits per heavy atom. The summed E-state index contributed by atoms with van der Waals surface area (Å²) in [7, 11) is 0. The van der Waals surface area contributed by atoms with Crippen LogP contribution in [0.4, 0.5) is 0 Å². The molecule has 158 valence electrons. The van der Waals surface area contributed by atoms with Gasteiger partial charge < -0.3 is 19.3 Å². The quantitative estimate of drug-likeness (QED) is 0.637. The zero-order chi connectivity index (χ0) is 22.0. The average molecular weight is 439 g/mol. The number of benzene rings is 2. The predicted molar refractivity (Wildman–Crippen MR) is 115 cm³/mol. The molecule has 0 saturated heterocycles. The number of hydrogen-bond acceptors (Lipinski definition) is 4. The largest absolute Gasteiger partial charge is 0.483 e. The number of ether oxygens (including phenoxy) is 1. The molecule has 0 aliphatic carbocycles. The van der Waals surface area contributed by atoms with Gasteiger partial charge in [0.1, 0.15) is 12.2 Å². The second kappa shape index (κ2) is 8.65. The molecule has 1 aliphatic heterocycles. The van der Waals surface area contributed by atoms with Gasteiger partial charge >= 0.3 is 5.97 Å². The fraction of sp³-hybridized carbons (Fsp3) is 0.174. The molecule has 1 N–H and O–H groups in total. The number of hydrogen-bond donors (Lipinski definition) is 1. The summed E-state index contributed by atoms with van der Waals surface area (Å²) in [6.07, 6.45) is 1.21. The molecule has 4 rings (SSSR count). The highest BCUT2D eigenvalue weighted by atomic mass is 35.5. The Kier molecular flexibility index (Phi) is 5.77. The number of pyridine rings is 1. The zero-order valence-electron chi connectivity index (χ0n) is 16.5. The van der Waals surface area contributed by atoms with Gasteiger partial charge in [-0.15, -0.1) is 0 Å². The van der Waals surface area contributed by atoms with Gasteiger partial charge in [-0.25, -0.2) is 4.79 Å². The van der Waals surface area contributed by atoms with Gasteiger partial charge in [-0.05, 0) is 23.3 Å². The minimum absolute atomic E-state index is 0.0354. The third-order valence-corrected chi connectivity index (χ3v) is 5.29. The highest BCUT2D eigenvalue weighted by molar-refractivity contribution is 6.30. The Bertz CT molecular complexity index is 1210. The van der Waals surface area contributed by atoms with Gasteiger partial charge in [-0.2, -0.15) is 0 Å². The summed E-state index contributed by atoms with van der Waals surface area (Å²) in [5, 5.41) is 10.0. The van der Waals surface area contributed by atoms with Gasteiger partial charge in [0, 0.05) is 30.9 Å². The predicted octanol–water partition coefficient (Wildman–Crippen LogP) is 3.43. The van der Waals surface area contributed by atoms with E-state index in [-0.39, 0.29) is 18.1 Å². The number of nitrogens with zero attached hydrogens (tertiary/aromatic N) is 2. The van der Waals surface area contributed by atoms with Crippen molar-refractivity contribution >= 4 is 23.5 Å². The monoisotopic (exact) mass is 438 g/mol. The molecule has 1 amide bonds. The topological polar surface area (TPSA) is 88.8 Å². The summed E-state index contributed by atoms with van der Waals surface area (Å²) in [5.74, 6) is -2.01. The summed E-state index contributed by atoms with van der Waals surface area (Å²) < 4.78 is 7.22. The first kappa shape index (κ1) is 20.7. The number of aromatic carboxylic acids is 1. The lowest BCUT2D eigenvalue weighted by atomic mass is 10.1. The molecule has 0 spiro atoms. The van der Waals surface area contributed by atoms with Crippen LogP contribution >= 0.6 is 11.6 Å². The summed E-state index contributed by atoms with van der Waals surface area (Å²) in [6.45, 7) is 1.04. The Hall–Kier alpha value is -3.58. The van der Waals surface area contributed by atoms with Crippen LogP contribution < -0.4 is 10.2 Å². The maximum atomic E-state index is 13.3. The van der Waals surface area contributed by atoms with Crippen molar-refractivity contribution in [2.75, 3.05) is 6.54 Å². The number of amides is 1. The standard InChI is InChI=1S/C23H19ClN2O5/c24-17-8-4-7-16(11-17)12-26-10-9-25-13-18(23(29)30)20(27)21(19(25)22(26)28)31-14-15-5-2-1-3-6-15/h1-8,11,13H,9-10,12,14H2,(H,29,30). The van der Waals surface area contributed by atoms with Crippen LogP contribution in [0.25, 0.3) is 0 Å². The van der Waals surface area contributed by atoms with Crippen molar-refractivity contribution in [1.29, 1.82) is 0 Å². The molecule has 0 saturated carbocycles. The van der Waals surface area contributed by atoms with E-state index >= 15 is 0 Å². The van der Waals surface area contributed by atoms with Gasteiger partial charge in [0.05, 0.1) is 0 Å². The van der Waals surface area contributed by atoms with E-state index in [1.807, 2.05) is 36.4 Å². The van der Waals surface area contributed by atoms with Gasteiger partial charge in [-0.1, -0.05) is 54.1 Å². The van der Waals surface area contributed by atoms with Crippen LogP contribution in [-0.4, -0.2) is 33.0 Å². The van der Waals surface area contributed by atoms with Crippen molar-refractivity contribution < 1.29 is 19.4 Å². The van der Waals surface area contributed by atoms with Crippen LogP contribution in [0.15, 0.2) is 65.6 Å². The first-order chi connectivity index (χ1) is 14.9. The highest BCUT2D eigenvalue weighted by Crippen LogP contribution is 2.24. The lowest BCUT2D eigenvalue weighted by Gasteiger charge is -2.31. The molecule has 7 nitrogen and oxygen atoms in total. The van der Waals surface area contributed by atoms with E-state index in [9.17, 15) is 19.5 Å². The van der Waals surface area contributed by atoms with E-state index in [4.69, 9.17) is 16.3 Å².